The Balaban J connectivity index is 1.31. The molecule has 4 aliphatic heterocycles. The number of fused-ring (bicyclic) bond motifs is 5. The number of rotatable bonds is 6. The molecule has 0 spiro atoms. The third kappa shape index (κ3) is 5.62. The van der Waals surface area contributed by atoms with Crippen LogP contribution >= 0.6 is 0 Å². The van der Waals surface area contributed by atoms with Crippen molar-refractivity contribution in [3.8, 4) is 23.1 Å². The number of benzene rings is 1. The van der Waals surface area contributed by atoms with E-state index in [1.54, 1.807) is 0 Å². The number of morpholine rings is 1. The van der Waals surface area contributed by atoms with Gasteiger partial charge in [0.15, 0.2) is 5.82 Å². The maximum atomic E-state index is 16.8. The molecule has 18 heteroatoms. The molecular weight excluding hydrogens is 682 g/mol. The Bertz CT molecular complexity index is 1850. The Labute approximate surface area is 280 Å². The number of nitrogens with zero attached hydrogens (tertiary/aromatic N) is 5. The standard InChI is InChI=1S/C32H33F8N7O3/c1-14-20(31(35,36)37)16(10-17(41)21(14)33)23-22(34)24-19-27(45-29(44-24)49-13-30(4-5-30)12-46-6-8-48-9-7-46)47-11-15-2-3-18(42-15)25(47)26(32(38,39)40)50-28(19)43-23/h10,15,18,25-26,42H,2-9,11-13,41H2,1H3/t15-,18+,25+,26-/m1/s1. The van der Waals surface area contributed by atoms with Crippen molar-refractivity contribution in [1.29, 1.82) is 0 Å². The van der Waals surface area contributed by atoms with Gasteiger partial charge in [0.2, 0.25) is 12.0 Å². The number of hydrogen-bond acceptors (Lipinski definition) is 10. The largest absolute Gasteiger partial charge is 0.463 e. The number of piperazine rings is 1. The number of anilines is 2. The van der Waals surface area contributed by atoms with Crippen molar-refractivity contribution in [1.82, 2.24) is 25.2 Å². The summed E-state index contributed by atoms with van der Waals surface area (Å²) in [6.07, 6.45) is -10.1. The molecule has 4 atom stereocenters. The zero-order chi connectivity index (χ0) is 35.3. The third-order valence-corrected chi connectivity index (χ3v) is 10.5. The van der Waals surface area contributed by atoms with Gasteiger partial charge in [-0.2, -0.15) is 36.3 Å². The Morgan fingerprint density at radius 1 is 1.04 bits per heavy atom. The Hall–Kier alpha value is -3.77. The Kier molecular flexibility index (Phi) is 7.76. The first-order chi connectivity index (χ1) is 23.6. The van der Waals surface area contributed by atoms with Crippen LogP contribution in [0, 0.1) is 24.0 Å². The summed E-state index contributed by atoms with van der Waals surface area (Å²) >= 11 is 0. The summed E-state index contributed by atoms with van der Waals surface area (Å²) in [5.41, 5.74) is -0.526. The Morgan fingerprint density at radius 2 is 1.78 bits per heavy atom. The second-order valence-corrected chi connectivity index (χ2v) is 13.9. The molecule has 6 heterocycles. The van der Waals surface area contributed by atoms with Crippen LogP contribution in [0.3, 0.4) is 0 Å². The molecule has 50 heavy (non-hydrogen) atoms. The lowest BCUT2D eigenvalue weighted by molar-refractivity contribution is -0.203. The number of nitrogen functional groups attached to an aromatic ring is 1. The van der Waals surface area contributed by atoms with E-state index in [1.807, 2.05) is 0 Å². The van der Waals surface area contributed by atoms with Gasteiger partial charge in [-0.05, 0) is 44.2 Å². The molecule has 1 aromatic carbocycles. The summed E-state index contributed by atoms with van der Waals surface area (Å²) < 4.78 is 136. The van der Waals surface area contributed by atoms with E-state index >= 15 is 4.39 Å². The van der Waals surface area contributed by atoms with Crippen LogP contribution in [-0.4, -0.2) is 96.3 Å². The summed E-state index contributed by atoms with van der Waals surface area (Å²) in [7, 11) is 0. The van der Waals surface area contributed by atoms with Gasteiger partial charge in [-0.1, -0.05) is 0 Å². The lowest BCUT2D eigenvalue weighted by atomic mass is 9.96. The molecule has 5 aliphatic rings. The zero-order valence-corrected chi connectivity index (χ0v) is 26.7. The van der Waals surface area contributed by atoms with Gasteiger partial charge in [-0.3, -0.25) is 4.90 Å². The molecule has 2 aromatic heterocycles. The predicted molar refractivity (Wildman–Crippen MR) is 163 cm³/mol. The number of nitrogens with one attached hydrogen (secondary N) is 1. The molecule has 4 fully saturated rings. The second kappa shape index (κ2) is 11.6. The maximum absolute atomic E-state index is 16.8. The van der Waals surface area contributed by atoms with Crippen LogP contribution in [0.25, 0.3) is 22.2 Å². The van der Waals surface area contributed by atoms with E-state index < -0.39 is 81.6 Å². The van der Waals surface area contributed by atoms with Crippen molar-refractivity contribution in [2.24, 2.45) is 5.41 Å². The number of halogens is 8. The summed E-state index contributed by atoms with van der Waals surface area (Å²) in [4.78, 5) is 16.4. The van der Waals surface area contributed by atoms with E-state index in [0.29, 0.717) is 38.7 Å². The van der Waals surface area contributed by atoms with Crippen molar-refractivity contribution in [3.05, 3.63) is 28.8 Å². The monoisotopic (exact) mass is 715 g/mol. The molecule has 270 valence electrons. The van der Waals surface area contributed by atoms with Gasteiger partial charge in [-0.25, -0.2) is 13.8 Å². The van der Waals surface area contributed by atoms with Gasteiger partial charge in [0.05, 0.1) is 37.1 Å². The summed E-state index contributed by atoms with van der Waals surface area (Å²) in [5.74, 6) is -3.73. The molecule has 3 aromatic rings. The minimum Gasteiger partial charge on any atom is -0.463 e. The van der Waals surface area contributed by atoms with Gasteiger partial charge in [0.25, 0.3) is 0 Å². The van der Waals surface area contributed by atoms with Crippen molar-refractivity contribution in [3.63, 3.8) is 0 Å². The van der Waals surface area contributed by atoms with Gasteiger partial charge >= 0.3 is 18.4 Å². The Morgan fingerprint density at radius 3 is 2.46 bits per heavy atom. The smallest absolute Gasteiger partial charge is 0.427 e. The molecule has 3 saturated heterocycles. The average Bonchev–Trinajstić information content (AvgIpc) is 3.74. The fourth-order valence-corrected chi connectivity index (χ4v) is 7.88. The molecule has 8 rings (SSSR count). The molecule has 10 nitrogen and oxygen atoms in total. The predicted octanol–water partition coefficient (Wildman–Crippen LogP) is 5.00. The highest BCUT2D eigenvalue weighted by Gasteiger charge is 2.57. The van der Waals surface area contributed by atoms with Gasteiger partial charge < -0.3 is 30.2 Å². The van der Waals surface area contributed by atoms with E-state index in [-0.39, 0.29) is 41.8 Å². The average molecular weight is 716 g/mol. The molecule has 3 N–H and O–H groups in total. The SMILES string of the molecule is Cc1c(F)c(N)cc(-c2nc3c4c(nc(OCC5(CN6CCOCC6)CC5)nc4c2F)N2C[C@H]4CC[C@H](N4)[C@H]2[C@H](C(F)(F)F)O3)c1C(F)(F)F. The minimum atomic E-state index is -5.23. The van der Waals surface area contributed by atoms with Gasteiger partial charge in [0, 0.05) is 49.2 Å². The number of nitrogens with two attached hydrogens (primary N) is 1. The maximum Gasteiger partial charge on any atom is 0.427 e. The first-order valence-electron chi connectivity index (χ1n) is 16.4. The second-order valence-electron chi connectivity index (χ2n) is 13.9. The summed E-state index contributed by atoms with van der Waals surface area (Å²) in [6.45, 7) is 4.35. The summed E-state index contributed by atoms with van der Waals surface area (Å²) in [6, 6.07) is -2.09. The van der Waals surface area contributed by atoms with Crippen LogP contribution < -0.4 is 25.4 Å². The van der Waals surface area contributed by atoms with Crippen molar-refractivity contribution >= 4 is 22.4 Å². The highest BCUT2D eigenvalue weighted by molar-refractivity contribution is 5.97. The van der Waals surface area contributed by atoms with E-state index in [0.717, 1.165) is 32.9 Å². The van der Waals surface area contributed by atoms with E-state index in [4.69, 9.17) is 19.9 Å². The molecule has 2 bridgehead atoms. The number of aromatic nitrogens is 3. The van der Waals surface area contributed by atoms with E-state index in [9.17, 15) is 30.7 Å². The fourth-order valence-electron chi connectivity index (χ4n) is 7.88. The number of pyridine rings is 1. The van der Waals surface area contributed by atoms with Crippen LogP contribution in [0.2, 0.25) is 0 Å². The third-order valence-electron chi connectivity index (χ3n) is 10.5. The van der Waals surface area contributed by atoms with Crippen LogP contribution in [-0.2, 0) is 10.9 Å². The summed E-state index contributed by atoms with van der Waals surface area (Å²) in [5, 5.41) is 2.86. The normalized spacial score (nSPS) is 26.1. The van der Waals surface area contributed by atoms with Crippen LogP contribution in [0.1, 0.15) is 36.8 Å². The number of hydrogen-bond donors (Lipinski definition) is 2. The molecule has 0 amide bonds. The van der Waals surface area contributed by atoms with Crippen LogP contribution in [0.4, 0.5) is 46.6 Å². The van der Waals surface area contributed by atoms with Gasteiger partial charge in [0.1, 0.15) is 28.2 Å². The fraction of sp³-hybridized carbons (Fsp3) is 0.594. The van der Waals surface area contributed by atoms with Crippen molar-refractivity contribution in [2.75, 3.05) is 56.6 Å². The first-order valence-corrected chi connectivity index (χ1v) is 16.4. The highest BCUT2D eigenvalue weighted by Crippen LogP contribution is 2.50. The molecule has 0 radical (unpaired) electrons. The minimum absolute atomic E-state index is 0.0539. The van der Waals surface area contributed by atoms with Crippen molar-refractivity contribution in [2.45, 2.75) is 69.2 Å². The number of alkyl halides is 6. The topological polar surface area (TPSA) is 111 Å². The quantitative estimate of drug-likeness (QED) is 0.267. The molecule has 0 unspecified atom stereocenters. The van der Waals surface area contributed by atoms with Crippen molar-refractivity contribution < 1.29 is 49.3 Å². The van der Waals surface area contributed by atoms with E-state index in [2.05, 4.69) is 25.2 Å². The number of ether oxygens (including phenoxy) is 3. The molecule has 1 saturated carbocycles. The van der Waals surface area contributed by atoms with Crippen LogP contribution in [0.5, 0.6) is 11.9 Å². The van der Waals surface area contributed by atoms with E-state index in [1.165, 1.54) is 4.90 Å². The van der Waals surface area contributed by atoms with Crippen LogP contribution in [0.15, 0.2) is 6.07 Å². The lowest BCUT2D eigenvalue weighted by Crippen LogP contribution is -2.66. The molecular formula is C32H33F8N7O3. The first kappa shape index (κ1) is 33.4. The molecule has 1 aliphatic carbocycles. The highest BCUT2D eigenvalue weighted by atomic mass is 19.4. The zero-order valence-electron chi connectivity index (χ0n) is 26.7. The van der Waals surface area contributed by atoms with Gasteiger partial charge in [-0.15, -0.1) is 0 Å². The lowest BCUT2D eigenvalue weighted by Gasteiger charge is -2.43.